The van der Waals surface area contributed by atoms with Gasteiger partial charge in [-0.15, -0.1) is 5.10 Å². The summed E-state index contributed by atoms with van der Waals surface area (Å²) >= 11 is 0. The van der Waals surface area contributed by atoms with Gasteiger partial charge in [0.2, 0.25) is 5.88 Å². The van der Waals surface area contributed by atoms with Gasteiger partial charge >= 0.3 is 0 Å². The molecule has 17 heavy (non-hydrogen) atoms. The van der Waals surface area contributed by atoms with Gasteiger partial charge in [-0.2, -0.15) is 0 Å². The molecule has 0 saturated heterocycles. The minimum atomic E-state index is 0.132. The zero-order valence-electron chi connectivity index (χ0n) is 9.86. The predicted molar refractivity (Wildman–Crippen MR) is 64.5 cm³/mol. The van der Waals surface area contributed by atoms with Gasteiger partial charge in [-0.1, -0.05) is 6.92 Å². The van der Waals surface area contributed by atoms with E-state index in [0.29, 0.717) is 23.6 Å². The van der Waals surface area contributed by atoms with Crippen molar-refractivity contribution in [3.8, 4) is 11.6 Å². The quantitative estimate of drug-likeness (QED) is 0.821. The maximum atomic E-state index is 11.4. The van der Waals surface area contributed by atoms with Crippen LogP contribution in [0.5, 0.6) is 11.6 Å². The van der Waals surface area contributed by atoms with Crippen molar-refractivity contribution in [3.63, 3.8) is 0 Å². The fourth-order valence-electron chi connectivity index (χ4n) is 1.48. The lowest BCUT2D eigenvalue weighted by Gasteiger charge is -2.02. The maximum Gasteiger partial charge on any atom is 0.238 e. The summed E-state index contributed by atoms with van der Waals surface area (Å²) in [7, 11) is 0. The number of benzene rings is 1. The summed E-state index contributed by atoms with van der Waals surface area (Å²) in [5.74, 6) is 1.33. The second kappa shape index (κ2) is 4.82. The van der Waals surface area contributed by atoms with E-state index in [1.54, 1.807) is 24.3 Å². The number of nitrogens with zero attached hydrogens (tertiary/aromatic N) is 1. The van der Waals surface area contributed by atoms with Crippen molar-refractivity contribution in [1.29, 1.82) is 0 Å². The number of aryl methyl sites for hydroxylation is 1. The van der Waals surface area contributed by atoms with Crippen molar-refractivity contribution < 1.29 is 9.53 Å². The third kappa shape index (κ3) is 2.72. The lowest BCUT2D eigenvalue weighted by Crippen LogP contribution is -1.95. The zero-order valence-corrected chi connectivity index (χ0v) is 9.86. The number of H-pyrrole nitrogens is 1. The molecule has 0 unspecified atom stereocenters. The van der Waals surface area contributed by atoms with Crippen LogP contribution in [0.25, 0.3) is 0 Å². The molecular weight excluding hydrogens is 216 g/mol. The van der Waals surface area contributed by atoms with Crippen molar-refractivity contribution in [2.45, 2.75) is 20.3 Å². The second-order valence-electron chi connectivity index (χ2n) is 3.79. The first-order valence-electron chi connectivity index (χ1n) is 5.52. The molecule has 1 aromatic heterocycles. The second-order valence-corrected chi connectivity index (χ2v) is 3.79. The molecule has 0 amide bonds. The average Bonchev–Trinajstić information content (AvgIpc) is 2.75. The third-order valence-corrected chi connectivity index (χ3v) is 2.40. The zero-order chi connectivity index (χ0) is 12.3. The number of hydrogen-bond donors (Lipinski definition) is 1. The van der Waals surface area contributed by atoms with Gasteiger partial charge in [0.1, 0.15) is 5.75 Å². The summed E-state index contributed by atoms with van der Waals surface area (Å²) in [5.41, 5.74) is 1.65. The van der Waals surface area contributed by atoms with E-state index in [-0.39, 0.29) is 5.78 Å². The normalized spacial score (nSPS) is 10.2. The molecule has 0 aliphatic rings. The van der Waals surface area contributed by atoms with Crippen LogP contribution in [0.2, 0.25) is 0 Å². The van der Waals surface area contributed by atoms with Crippen molar-refractivity contribution in [1.82, 2.24) is 10.2 Å². The van der Waals surface area contributed by atoms with Gasteiger partial charge in [-0.25, -0.2) is 0 Å². The van der Waals surface area contributed by atoms with E-state index < -0.39 is 0 Å². The predicted octanol–water partition coefficient (Wildman–Crippen LogP) is 3.10. The summed E-state index contributed by atoms with van der Waals surface area (Å²) in [6, 6.07) is 8.88. The highest BCUT2D eigenvalue weighted by molar-refractivity contribution is 5.95. The number of nitrogens with one attached hydrogen (secondary N) is 1. The molecule has 0 atom stereocenters. The van der Waals surface area contributed by atoms with Gasteiger partial charge in [0, 0.05) is 23.7 Å². The Hall–Kier alpha value is -2.10. The van der Waals surface area contributed by atoms with Gasteiger partial charge in [-0.3, -0.25) is 9.89 Å². The Morgan fingerprint density at radius 1 is 1.35 bits per heavy atom. The number of aromatic nitrogens is 2. The van der Waals surface area contributed by atoms with Crippen molar-refractivity contribution in [2.24, 2.45) is 0 Å². The highest BCUT2D eigenvalue weighted by Gasteiger charge is 2.04. The molecule has 0 spiro atoms. The summed E-state index contributed by atoms with van der Waals surface area (Å²) < 4.78 is 5.51. The van der Waals surface area contributed by atoms with E-state index in [0.717, 1.165) is 5.69 Å². The first kappa shape index (κ1) is 11.4. The Bertz CT molecular complexity index is 514. The molecule has 2 rings (SSSR count). The summed E-state index contributed by atoms with van der Waals surface area (Å²) in [6.07, 6.45) is 0.513. The van der Waals surface area contributed by atoms with E-state index >= 15 is 0 Å². The number of Topliss-reactive ketones (excluding diaryl/α,β-unsaturated/α-hetero) is 1. The van der Waals surface area contributed by atoms with Crippen molar-refractivity contribution in [2.75, 3.05) is 0 Å². The number of carbonyl (C=O) groups excluding carboxylic acids is 1. The molecular formula is C13H14N2O2. The molecule has 0 radical (unpaired) electrons. The van der Waals surface area contributed by atoms with E-state index in [4.69, 9.17) is 4.74 Å². The minimum absolute atomic E-state index is 0.132. The number of aromatic amines is 1. The van der Waals surface area contributed by atoms with E-state index in [1.807, 2.05) is 19.9 Å². The monoisotopic (exact) mass is 230 g/mol. The van der Waals surface area contributed by atoms with Crippen LogP contribution in [0.4, 0.5) is 0 Å². The molecule has 0 aliphatic carbocycles. The number of hydrogen-bond acceptors (Lipinski definition) is 3. The highest BCUT2D eigenvalue weighted by Crippen LogP contribution is 2.20. The van der Waals surface area contributed by atoms with Crippen LogP contribution in [0, 0.1) is 6.92 Å². The summed E-state index contributed by atoms with van der Waals surface area (Å²) in [6.45, 7) is 3.75. The Labute approximate surface area is 99.6 Å². The molecule has 4 nitrogen and oxygen atoms in total. The molecule has 1 heterocycles. The Morgan fingerprint density at radius 3 is 2.59 bits per heavy atom. The number of ether oxygens (including phenoxy) is 1. The van der Waals surface area contributed by atoms with Crippen LogP contribution in [-0.4, -0.2) is 16.0 Å². The smallest absolute Gasteiger partial charge is 0.238 e. The van der Waals surface area contributed by atoms with Crippen molar-refractivity contribution in [3.05, 3.63) is 41.6 Å². The molecule has 4 heteroatoms. The van der Waals surface area contributed by atoms with E-state index in [1.165, 1.54) is 0 Å². The molecule has 0 aliphatic heterocycles. The standard InChI is InChI=1S/C13H14N2O2/c1-3-12(16)10-4-6-11(7-5-10)17-13-8-9(2)14-15-13/h4-8H,3H2,1-2H3,(H,14,15). The molecule has 1 N–H and O–H groups in total. The van der Waals surface area contributed by atoms with Crippen LogP contribution in [-0.2, 0) is 0 Å². The topological polar surface area (TPSA) is 55.0 Å². The number of rotatable bonds is 4. The van der Waals surface area contributed by atoms with Crippen molar-refractivity contribution >= 4 is 5.78 Å². The Kier molecular flexibility index (Phi) is 3.23. The molecule has 0 saturated carbocycles. The lowest BCUT2D eigenvalue weighted by atomic mass is 10.1. The van der Waals surface area contributed by atoms with Crippen LogP contribution in [0.1, 0.15) is 29.4 Å². The third-order valence-electron chi connectivity index (χ3n) is 2.40. The van der Waals surface area contributed by atoms with Gasteiger partial charge in [0.25, 0.3) is 0 Å². The highest BCUT2D eigenvalue weighted by atomic mass is 16.5. The van der Waals surface area contributed by atoms with Gasteiger partial charge < -0.3 is 4.74 Å². The SMILES string of the molecule is CCC(=O)c1ccc(Oc2cc(C)[nH]n2)cc1. The molecule has 0 fully saturated rings. The van der Waals surface area contributed by atoms with Gasteiger partial charge in [0.05, 0.1) is 0 Å². The van der Waals surface area contributed by atoms with Crippen LogP contribution < -0.4 is 4.74 Å². The van der Waals surface area contributed by atoms with E-state index in [9.17, 15) is 4.79 Å². The number of ketones is 1. The summed E-state index contributed by atoms with van der Waals surface area (Å²) in [5, 5.41) is 6.77. The van der Waals surface area contributed by atoms with Crippen LogP contribution in [0.3, 0.4) is 0 Å². The molecule has 1 aromatic carbocycles. The van der Waals surface area contributed by atoms with Crippen LogP contribution in [0.15, 0.2) is 30.3 Å². The maximum absolute atomic E-state index is 11.4. The minimum Gasteiger partial charge on any atom is -0.438 e. The first-order valence-corrected chi connectivity index (χ1v) is 5.52. The molecule has 2 aromatic rings. The van der Waals surface area contributed by atoms with Crippen LogP contribution >= 0.6 is 0 Å². The van der Waals surface area contributed by atoms with Gasteiger partial charge in [0.15, 0.2) is 5.78 Å². The number of carbonyl (C=O) groups is 1. The molecule has 88 valence electrons. The average molecular weight is 230 g/mol. The fourth-order valence-corrected chi connectivity index (χ4v) is 1.48. The Morgan fingerprint density at radius 2 is 2.06 bits per heavy atom. The first-order chi connectivity index (χ1) is 8.19. The van der Waals surface area contributed by atoms with E-state index in [2.05, 4.69) is 10.2 Å². The largest absolute Gasteiger partial charge is 0.438 e. The summed E-state index contributed by atoms with van der Waals surface area (Å²) in [4.78, 5) is 11.4. The Balaban J connectivity index is 2.10. The lowest BCUT2D eigenvalue weighted by molar-refractivity contribution is 0.0988. The van der Waals surface area contributed by atoms with Gasteiger partial charge in [-0.05, 0) is 31.2 Å². The fraction of sp³-hybridized carbons (Fsp3) is 0.231. The molecule has 0 bridgehead atoms.